The minimum atomic E-state index is -0.837. The molecule has 6 nitrogen and oxygen atoms in total. The van der Waals surface area contributed by atoms with Crippen molar-refractivity contribution in [2.24, 2.45) is 0 Å². The molecule has 0 saturated carbocycles. The van der Waals surface area contributed by atoms with Crippen LogP contribution in [-0.4, -0.2) is 28.9 Å². The van der Waals surface area contributed by atoms with Crippen LogP contribution in [0.1, 0.15) is 22.9 Å². The Balaban J connectivity index is 1.93. The first-order valence-electron chi connectivity index (χ1n) is 9.45. The number of aliphatic hydroxyl groups is 1. The third-order valence-electron chi connectivity index (χ3n) is 5.11. The Morgan fingerprint density at radius 1 is 1.03 bits per heavy atom. The summed E-state index contributed by atoms with van der Waals surface area (Å²) in [7, 11) is 1.56. The van der Waals surface area contributed by atoms with Gasteiger partial charge in [-0.2, -0.15) is 0 Å². The fourth-order valence-electron chi connectivity index (χ4n) is 3.69. The number of aliphatic hydroxyl groups excluding tert-OH is 1. The summed E-state index contributed by atoms with van der Waals surface area (Å²) < 4.78 is 5.27. The second-order valence-electron chi connectivity index (χ2n) is 6.94. The van der Waals surface area contributed by atoms with Gasteiger partial charge >= 0.3 is 0 Å². The number of nitrogens with zero attached hydrogens (tertiary/aromatic N) is 2. The molecule has 3 aromatic rings. The largest absolute Gasteiger partial charge is 0.507 e. The molecule has 150 valence electrons. The quantitative estimate of drug-likeness (QED) is 0.406. The lowest BCUT2D eigenvalue weighted by Crippen LogP contribution is -2.29. The molecular formula is C24H20N2O4. The number of hydrogen-bond donors (Lipinski definition) is 1. The van der Waals surface area contributed by atoms with Crippen molar-refractivity contribution < 1.29 is 19.4 Å². The summed E-state index contributed by atoms with van der Waals surface area (Å²) in [5.74, 6) is -1.03. The lowest BCUT2D eigenvalue weighted by Gasteiger charge is -2.24. The van der Waals surface area contributed by atoms with Crippen LogP contribution in [0.15, 0.2) is 78.5 Å². The standard InChI is InChI=1S/C24H20N2O4/c1-15-14-16(11-12-19(15)30-2)22(27)20-21(18-10-6-7-13-25-18)26(24(29)23(20)28)17-8-4-3-5-9-17/h3-14,21,27H,1-2H3/b22-20-. The van der Waals surface area contributed by atoms with E-state index < -0.39 is 17.7 Å². The Kier molecular flexibility index (Phi) is 5.06. The molecule has 0 radical (unpaired) electrons. The summed E-state index contributed by atoms with van der Waals surface area (Å²) in [5.41, 5.74) is 2.29. The molecule has 4 rings (SSSR count). The van der Waals surface area contributed by atoms with E-state index in [-0.39, 0.29) is 11.3 Å². The molecule has 1 saturated heterocycles. The number of ketones is 1. The van der Waals surface area contributed by atoms with E-state index in [2.05, 4.69) is 4.98 Å². The average Bonchev–Trinajstić information content (AvgIpc) is 3.05. The van der Waals surface area contributed by atoms with Gasteiger partial charge in [0, 0.05) is 17.4 Å². The summed E-state index contributed by atoms with van der Waals surface area (Å²) in [5, 5.41) is 11.1. The molecule has 0 bridgehead atoms. The molecular weight excluding hydrogens is 380 g/mol. The molecule has 0 aliphatic carbocycles. The number of aromatic nitrogens is 1. The second-order valence-corrected chi connectivity index (χ2v) is 6.94. The van der Waals surface area contributed by atoms with Crippen LogP contribution in [0.2, 0.25) is 0 Å². The van der Waals surface area contributed by atoms with Crippen molar-refractivity contribution in [3.63, 3.8) is 0 Å². The first kappa shape index (κ1) is 19.4. The maximum atomic E-state index is 13.0. The number of hydrogen-bond acceptors (Lipinski definition) is 5. The molecule has 1 unspecified atom stereocenters. The Hall–Kier alpha value is -3.93. The van der Waals surface area contributed by atoms with Crippen molar-refractivity contribution in [3.05, 3.63) is 95.3 Å². The van der Waals surface area contributed by atoms with Gasteiger partial charge in [-0.3, -0.25) is 19.5 Å². The van der Waals surface area contributed by atoms with Gasteiger partial charge < -0.3 is 9.84 Å². The predicted molar refractivity (Wildman–Crippen MR) is 113 cm³/mol. The average molecular weight is 400 g/mol. The van der Waals surface area contributed by atoms with Gasteiger partial charge in [0.05, 0.1) is 18.4 Å². The van der Waals surface area contributed by atoms with Gasteiger partial charge in [0.1, 0.15) is 17.6 Å². The molecule has 1 N–H and O–H groups in total. The monoisotopic (exact) mass is 400 g/mol. The molecule has 1 aliphatic heterocycles. The van der Waals surface area contributed by atoms with Gasteiger partial charge in [0.2, 0.25) is 0 Å². The second kappa shape index (κ2) is 7.83. The molecule has 1 amide bonds. The molecule has 0 spiro atoms. The number of pyridine rings is 1. The number of carbonyl (C=O) groups is 2. The van der Waals surface area contributed by atoms with Crippen LogP contribution in [-0.2, 0) is 9.59 Å². The number of anilines is 1. The number of aryl methyl sites for hydroxylation is 1. The van der Waals surface area contributed by atoms with Crippen molar-refractivity contribution in [2.75, 3.05) is 12.0 Å². The Morgan fingerprint density at radius 3 is 2.40 bits per heavy atom. The van der Waals surface area contributed by atoms with E-state index in [0.29, 0.717) is 22.7 Å². The summed E-state index contributed by atoms with van der Waals surface area (Å²) >= 11 is 0. The van der Waals surface area contributed by atoms with E-state index >= 15 is 0 Å². The number of benzene rings is 2. The molecule has 1 fully saturated rings. The van der Waals surface area contributed by atoms with Gasteiger partial charge in [0.15, 0.2) is 0 Å². The molecule has 1 aliphatic rings. The summed E-state index contributed by atoms with van der Waals surface area (Å²) in [6, 6.07) is 18.4. The van der Waals surface area contributed by atoms with E-state index in [4.69, 9.17) is 4.74 Å². The zero-order valence-electron chi connectivity index (χ0n) is 16.6. The highest BCUT2D eigenvalue weighted by molar-refractivity contribution is 6.51. The summed E-state index contributed by atoms with van der Waals surface area (Å²) in [6.45, 7) is 1.84. The number of Topliss-reactive ketones (excluding diaryl/α,β-unsaturated/α-hetero) is 1. The number of methoxy groups -OCH3 is 1. The highest BCUT2D eigenvalue weighted by atomic mass is 16.5. The van der Waals surface area contributed by atoms with Crippen LogP contribution < -0.4 is 9.64 Å². The maximum absolute atomic E-state index is 13.0. The lowest BCUT2D eigenvalue weighted by atomic mass is 9.97. The first-order valence-corrected chi connectivity index (χ1v) is 9.45. The van der Waals surface area contributed by atoms with Crippen LogP contribution in [0.4, 0.5) is 5.69 Å². The smallest absolute Gasteiger partial charge is 0.300 e. The predicted octanol–water partition coefficient (Wildman–Crippen LogP) is 4.02. The molecule has 2 heterocycles. The Labute approximate surface area is 174 Å². The fourth-order valence-corrected chi connectivity index (χ4v) is 3.69. The molecule has 30 heavy (non-hydrogen) atoms. The van der Waals surface area contributed by atoms with E-state index in [1.807, 2.05) is 13.0 Å². The fraction of sp³-hybridized carbons (Fsp3) is 0.125. The van der Waals surface area contributed by atoms with Crippen molar-refractivity contribution in [1.29, 1.82) is 0 Å². The topological polar surface area (TPSA) is 79.7 Å². The van der Waals surface area contributed by atoms with Gasteiger partial charge in [-0.25, -0.2) is 0 Å². The van der Waals surface area contributed by atoms with Crippen LogP contribution in [0.25, 0.3) is 5.76 Å². The Morgan fingerprint density at radius 2 is 1.77 bits per heavy atom. The zero-order valence-corrected chi connectivity index (χ0v) is 16.6. The van der Waals surface area contributed by atoms with Gasteiger partial charge in [-0.15, -0.1) is 0 Å². The third kappa shape index (κ3) is 3.22. The maximum Gasteiger partial charge on any atom is 0.300 e. The lowest BCUT2D eigenvalue weighted by molar-refractivity contribution is -0.132. The summed E-state index contributed by atoms with van der Waals surface area (Å²) in [4.78, 5) is 31.8. The first-order chi connectivity index (χ1) is 14.5. The summed E-state index contributed by atoms with van der Waals surface area (Å²) in [6.07, 6.45) is 1.60. The highest BCUT2D eigenvalue weighted by Gasteiger charge is 2.47. The minimum absolute atomic E-state index is 0.00659. The molecule has 1 aromatic heterocycles. The van der Waals surface area contributed by atoms with Gasteiger partial charge in [0.25, 0.3) is 11.7 Å². The number of ether oxygens (including phenoxy) is 1. The third-order valence-corrected chi connectivity index (χ3v) is 5.11. The van der Waals surface area contributed by atoms with Crippen LogP contribution >= 0.6 is 0 Å². The number of carbonyl (C=O) groups excluding carboxylic acids is 2. The number of para-hydroxylation sites is 1. The molecule has 6 heteroatoms. The van der Waals surface area contributed by atoms with E-state index in [9.17, 15) is 14.7 Å². The molecule has 1 atom stereocenters. The van der Waals surface area contributed by atoms with Crippen LogP contribution in [0.3, 0.4) is 0 Å². The van der Waals surface area contributed by atoms with E-state index in [1.165, 1.54) is 4.90 Å². The van der Waals surface area contributed by atoms with Crippen molar-refractivity contribution in [1.82, 2.24) is 4.98 Å². The van der Waals surface area contributed by atoms with Crippen molar-refractivity contribution >= 4 is 23.1 Å². The normalized spacial score (nSPS) is 17.9. The Bertz CT molecular complexity index is 1140. The zero-order chi connectivity index (χ0) is 21.3. The minimum Gasteiger partial charge on any atom is -0.507 e. The van der Waals surface area contributed by atoms with Crippen LogP contribution in [0, 0.1) is 6.92 Å². The molecule has 2 aromatic carbocycles. The van der Waals surface area contributed by atoms with Crippen LogP contribution in [0.5, 0.6) is 5.75 Å². The highest BCUT2D eigenvalue weighted by Crippen LogP contribution is 2.41. The SMILES string of the molecule is COc1ccc(/C(O)=C2/C(=O)C(=O)N(c3ccccc3)C2c2ccccn2)cc1C. The van der Waals surface area contributed by atoms with E-state index in [0.717, 1.165) is 5.56 Å². The number of rotatable bonds is 4. The van der Waals surface area contributed by atoms with Crippen molar-refractivity contribution in [2.45, 2.75) is 13.0 Å². The number of amides is 1. The van der Waals surface area contributed by atoms with Gasteiger partial charge in [-0.1, -0.05) is 24.3 Å². The van der Waals surface area contributed by atoms with Gasteiger partial charge in [-0.05, 0) is 55.0 Å². The van der Waals surface area contributed by atoms with E-state index in [1.54, 1.807) is 74.0 Å². The van der Waals surface area contributed by atoms with Crippen molar-refractivity contribution in [3.8, 4) is 5.75 Å².